The molecule has 1 aliphatic rings. The first kappa shape index (κ1) is 14.1. The number of hydrogen-bond donors (Lipinski definition) is 0. The fourth-order valence-electron chi connectivity index (χ4n) is 2.47. The fraction of sp³-hybridized carbons (Fsp3) is 0.400. The first-order chi connectivity index (χ1) is 10.3. The molecular formula is C15H17ClN4O. The molecule has 0 aromatic carbocycles. The number of halogens is 1. The van der Waals surface area contributed by atoms with Gasteiger partial charge in [0.05, 0.1) is 12.8 Å². The van der Waals surface area contributed by atoms with Crippen LogP contribution in [0, 0.1) is 5.92 Å². The largest absolute Gasteiger partial charge is 0.492 e. The Morgan fingerprint density at radius 1 is 1.14 bits per heavy atom. The van der Waals surface area contributed by atoms with Crippen molar-refractivity contribution in [1.29, 1.82) is 0 Å². The van der Waals surface area contributed by atoms with E-state index in [1.807, 2.05) is 6.20 Å². The van der Waals surface area contributed by atoms with Crippen LogP contribution >= 0.6 is 11.6 Å². The molecule has 21 heavy (non-hydrogen) atoms. The summed E-state index contributed by atoms with van der Waals surface area (Å²) < 4.78 is 5.80. The van der Waals surface area contributed by atoms with Gasteiger partial charge in [0.15, 0.2) is 0 Å². The molecule has 3 rings (SSSR count). The van der Waals surface area contributed by atoms with Crippen molar-refractivity contribution in [3.05, 3.63) is 42.1 Å². The number of rotatable bonds is 4. The van der Waals surface area contributed by atoms with Crippen LogP contribution in [0.25, 0.3) is 0 Å². The van der Waals surface area contributed by atoms with Crippen molar-refractivity contribution in [3.8, 4) is 5.75 Å². The Balaban J connectivity index is 1.49. The smallest absolute Gasteiger partial charge is 0.147 e. The topological polar surface area (TPSA) is 51.1 Å². The minimum Gasteiger partial charge on any atom is -0.492 e. The summed E-state index contributed by atoms with van der Waals surface area (Å²) in [5, 5.41) is 0.564. The van der Waals surface area contributed by atoms with E-state index in [0.717, 1.165) is 31.7 Å². The molecule has 0 atom stereocenters. The molecule has 0 spiro atoms. The fourth-order valence-corrected chi connectivity index (χ4v) is 2.64. The van der Waals surface area contributed by atoms with Gasteiger partial charge in [0, 0.05) is 43.9 Å². The average molecular weight is 305 g/mol. The minimum absolute atomic E-state index is 0.544. The van der Waals surface area contributed by atoms with Gasteiger partial charge in [0.25, 0.3) is 0 Å². The summed E-state index contributed by atoms with van der Waals surface area (Å²) in [4.78, 5) is 14.7. The highest BCUT2D eigenvalue weighted by Crippen LogP contribution is 2.25. The molecule has 0 saturated carbocycles. The predicted molar refractivity (Wildman–Crippen MR) is 81.7 cm³/mol. The van der Waals surface area contributed by atoms with Crippen molar-refractivity contribution in [2.45, 2.75) is 12.8 Å². The van der Waals surface area contributed by atoms with E-state index in [4.69, 9.17) is 16.3 Å². The zero-order valence-electron chi connectivity index (χ0n) is 11.7. The van der Waals surface area contributed by atoms with Gasteiger partial charge in [-0.15, -0.1) is 0 Å². The number of nitrogens with zero attached hydrogens (tertiary/aromatic N) is 4. The Morgan fingerprint density at radius 3 is 2.67 bits per heavy atom. The standard InChI is InChI=1S/C15H17ClN4O/c16-13-9-17-4-1-14(13)21-11-12-2-7-20(8-3-12)15-10-18-5-6-19-15/h1,4-6,9-10,12H,2-3,7-8,11H2. The Morgan fingerprint density at radius 2 is 1.95 bits per heavy atom. The third-order valence-corrected chi connectivity index (χ3v) is 3.98. The SMILES string of the molecule is Clc1cnccc1OCC1CCN(c2cnccn2)CC1. The van der Waals surface area contributed by atoms with Crippen molar-refractivity contribution >= 4 is 17.4 Å². The van der Waals surface area contributed by atoms with E-state index in [0.29, 0.717) is 23.3 Å². The van der Waals surface area contributed by atoms with Crippen LogP contribution in [0.2, 0.25) is 5.02 Å². The number of ether oxygens (including phenoxy) is 1. The molecule has 1 fully saturated rings. The maximum absolute atomic E-state index is 6.03. The van der Waals surface area contributed by atoms with E-state index in [9.17, 15) is 0 Å². The quantitative estimate of drug-likeness (QED) is 0.869. The molecular weight excluding hydrogens is 288 g/mol. The molecule has 110 valence electrons. The predicted octanol–water partition coefficient (Wildman–Crippen LogP) is 2.82. The molecule has 0 amide bonds. The van der Waals surface area contributed by atoms with Crippen LogP contribution in [0.4, 0.5) is 5.82 Å². The number of hydrogen-bond acceptors (Lipinski definition) is 5. The number of anilines is 1. The van der Waals surface area contributed by atoms with E-state index in [1.54, 1.807) is 30.9 Å². The van der Waals surface area contributed by atoms with Gasteiger partial charge in [0.1, 0.15) is 16.6 Å². The van der Waals surface area contributed by atoms with Gasteiger partial charge >= 0.3 is 0 Å². The number of piperidine rings is 1. The second kappa shape index (κ2) is 6.72. The number of aromatic nitrogens is 3. The van der Waals surface area contributed by atoms with Crippen LogP contribution in [0.15, 0.2) is 37.1 Å². The summed E-state index contributed by atoms with van der Waals surface area (Å²) in [6.07, 6.45) is 10.7. The summed E-state index contributed by atoms with van der Waals surface area (Å²) in [7, 11) is 0. The van der Waals surface area contributed by atoms with Gasteiger partial charge in [-0.1, -0.05) is 11.6 Å². The van der Waals surface area contributed by atoms with Crippen LogP contribution < -0.4 is 9.64 Å². The normalized spacial score (nSPS) is 16.0. The highest BCUT2D eigenvalue weighted by atomic mass is 35.5. The number of pyridine rings is 1. The molecule has 0 aliphatic carbocycles. The first-order valence-electron chi connectivity index (χ1n) is 7.06. The maximum Gasteiger partial charge on any atom is 0.147 e. The lowest BCUT2D eigenvalue weighted by atomic mass is 9.98. The van der Waals surface area contributed by atoms with Crippen LogP contribution in [0.1, 0.15) is 12.8 Å². The Kier molecular flexibility index (Phi) is 4.50. The monoisotopic (exact) mass is 304 g/mol. The van der Waals surface area contributed by atoms with E-state index < -0.39 is 0 Å². The van der Waals surface area contributed by atoms with Crippen molar-refractivity contribution in [3.63, 3.8) is 0 Å². The third kappa shape index (κ3) is 3.61. The molecule has 0 radical (unpaired) electrons. The van der Waals surface area contributed by atoms with Gasteiger partial charge in [-0.2, -0.15) is 0 Å². The maximum atomic E-state index is 6.03. The van der Waals surface area contributed by atoms with Crippen LogP contribution in [-0.2, 0) is 0 Å². The third-order valence-electron chi connectivity index (χ3n) is 3.70. The molecule has 5 nitrogen and oxygen atoms in total. The highest BCUT2D eigenvalue weighted by molar-refractivity contribution is 6.31. The van der Waals surface area contributed by atoms with Crippen molar-refractivity contribution < 1.29 is 4.74 Å². The molecule has 0 N–H and O–H groups in total. The average Bonchev–Trinajstić information content (AvgIpc) is 2.55. The molecule has 1 saturated heterocycles. The van der Waals surface area contributed by atoms with Gasteiger partial charge in [-0.25, -0.2) is 4.98 Å². The lowest BCUT2D eigenvalue weighted by Crippen LogP contribution is -2.36. The minimum atomic E-state index is 0.544. The Bertz CT molecular complexity index is 573. The molecule has 2 aromatic rings. The highest BCUT2D eigenvalue weighted by Gasteiger charge is 2.21. The summed E-state index contributed by atoms with van der Waals surface area (Å²) in [6, 6.07) is 1.80. The molecule has 2 aromatic heterocycles. The van der Waals surface area contributed by atoms with E-state index in [2.05, 4.69) is 19.9 Å². The molecule has 0 bridgehead atoms. The molecule has 0 unspecified atom stereocenters. The van der Waals surface area contributed by atoms with Gasteiger partial charge < -0.3 is 9.64 Å². The van der Waals surface area contributed by atoms with Gasteiger partial charge in [-0.3, -0.25) is 9.97 Å². The zero-order valence-corrected chi connectivity index (χ0v) is 12.4. The van der Waals surface area contributed by atoms with Crippen molar-refractivity contribution in [1.82, 2.24) is 15.0 Å². The second-order valence-electron chi connectivity index (χ2n) is 5.11. The second-order valence-corrected chi connectivity index (χ2v) is 5.52. The van der Waals surface area contributed by atoms with Gasteiger partial charge in [-0.05, 0) is 18.8 Å². The van der Waals surface area contributed by atoms with E-state index >= 15 is 0 Å². The zero-order chi connectivity index (χ0) is 14.5. The lowest BCUT2D eigenvalue weighted by molar-refractivity contribution is 0.222. The lowest BCUT2D eigenvalue weighted by Gasteiger charge is -2.32. The summed E-state index contributed by atoms with van der Waals surface area (Å²) >= 11 is 6.03. The van der Waals surface area contributed by atoms with Crippen molar-refractivity contribution in [2.24, 2.45) is 5.92 Å². The molecule has 1 aliphatic heterocycles. The summed E-state index contributed by atoms with van der Waals surface area (Å²) in [6.45, 7) is 2.66. The Hall–Kier alpha value is -1.88. The van der Waals surface area contributed by atoms with Crippen LogP contribution in [-0.4, -0.2) is 34.6 Å². The van der Waals surface area contributed by atoms with E-state index in [1.165, 1.54) is 0 Å². The molecule has 3 heterocycles. The van der Waals surface area contributed by atoms with Crippen molar-refractivity contribution in [2.75, 3.05) is 24.6 Å². The summed E-state index contributed by atoms with van der Waals surface area (Å²) in [5.74, 6) is 2.21. The first-order valence-corrected chi connectivity index (χ1v) is 7.44. The van der Waals surface area contributed by atoms with Crippen LogP contribution in [0.5, 0.6) is 5.75 Å². The molecule has 6 heteroatoms. The Labute approximate surface area is 129 Å². The van der Waals surface area contributed by atoms with Gasteiger partial charge in [0.2, 0.25) is 0 Å². The van der Waals surface area contributed by atoms with Crippen LogP contribution in [0.3, 0.4) is 0 Å². The van der Waals surface area contributed by atoms with E-state index in [-0.39, 0.29) is 0 Å². The summed E-state index contributed by atoms with van der Waals surface area (Å²) in [5.41, 5.74) is 0.